The average molecular weight is 418 g/mol. The number of nitrogens with one attached hydrogen (secondary N) is 1. The van der Waals surface area contributed by atoms with Crippen molar-refractivity contribution >= 4 is 31.1 Å². The molecular weight excluding hydrogens is 401 g/mol. The van der Waals surface area contributed by atoms with Gasteiger partial charge in [-0.1, -0.05) is 18.2 Å². The number of amides is 1. The third-order valence-corrected chi connectivity index (χ3v) is 5.03. The number of fused-ring (bicyclic) bond motifs is 1. The van der Waals surface area contributed by atoms with Gasteiger partial charge in [0.15, 0.2) is 23.1 Å². The van der Waals surface area contributed by atoms with E-state index < -0.39 is 26.5 Å². The Balaban J connectivity index is 1.65. The van der Waals surface area contributed by atoms with E-state index in [2.05, 4.69) is 20.3 Å². The minimum atomic E-state index is -2.90. The van der Waals surface area contributed by atoms with E-state index in [-0.39, 0.29) is 24.9 Å². The quantitative estimate of drug-likeness (QED) is 0.499. The molecule has 3 N–H and O–H groups in total. The predicted octanol–water partition coefficient (Wildman–Crippen LogP) is 1.05. The van der Waals surface area contributed by atoms with Crippen LogP contribution in [-0.2, 0) is 13.8 Å². The summed E-state index contributed by atoms with van der Waals surface area (Å²) in [6.07, 6.45) is 1.11. The Bertz CT molecular complexity index is 1050. The smallest absolute Gasteiger partial charge is 0.394 e. The number of carbonyl (C=O) groups excluding carboxylic acids is 1. The molecule has 3 aromatic rings. The molecule has 150 valence electrons. The van der Waals surface area contributed by atoms with E-state index in [0.717, 1.165) is 0 Å². The minimum absolute atomic E-state index is 0.125. The summed E-state index contributed by atoms with van der Waals surface area (Å²) < 4.78 is 23.4. The first-order valence-corrected chi connectivity index (χ1v) is 9.81. The van der Waals surface area contributed by atoms with Crippen molar-refractivity contribution < 1.29 is 28.6 Å². The molecule has 3 heterocycles. The van der Waals surface area contributed by atoms with Crippen LogP contribution >= 0.6 is 8.25 Å². The molecule has 1 fully saturated rings. The normalized spacial score (nSPS) is 22.0. The summed E-state index contributed by atoms with van der Waals surface area (Å²) in [7, 11) is -2.90. The Morgan fingerprint density at radius 2 is 2.10 bits per heavy atom. The fourth-order valence-corrected chi connectivity index (χ4v) is 3.74. The van der Waals surface area contributed by atoms with E-state index in [9.17, 15) is 14.5 Å². The van der Waals surface area contributed by atoms with Crippen LogP contribution in [0.15, 0.2) is 43.0 Å². The molecule has 0 radical (unpaired) electrons. The summed E-state index contributed by atoms with van der Waals surface area (Å²) in [4.78, 5) is 34.2. The van der Waals surface area contributed by atoms with E-state index in [1.165, 1.54) is 12.7 Å². The van der Waals surface area contributed by atoms with E-state index in [0.29, 0.717) is 16.7 Å². The fraction of sp³-hybridized carbons (Fsp3) is 0.294. The van der Waals surface area contributed by atoms with Crippen molar-refractivity contribution in [2.24, 2.45) is 0 Å². The monoisotopic (exact) mass is 418 g/mol. The van der Waals surface area contributed by atoms with E-state index in [4.69, 9.17) is 14.2 Å². The van der Waals surface area contributed by atoms with E-state index in [1.54, 1.807) is 28.8 Å². The number of benzene rings is 1. The maximum absolute atomic E-state index is 12.4. The fourth-order valence-electron chi connectivity index (χ4n) is 3.25. The Hall–Kier alpha value is -2.82. The third kappa shape index (κ3) is 3.86. The number of ether oxygens (including phenoxy) is 1. The number of anilines is 1. The zero-order valence-corrected chi connectivity index (χ0v) is 15.8. The van der Waals surface area contributed by atoms with Crippen molar-refractivity contribution in [3.05, 3.63) is 48.5 Å². The highest BCUT2D eigenvalue weighted by Gasteiger charge is 2.45. The van der Waals surface area contributed by atoms with Gasteiger partial charge in [0, 0.05) is 10.1 Å². The lowest BCUT2D eigenvalue weighted by Gasteiger charge is -2.17. The molecule has 1 aromatic carbocycles. The number of imidazole rings is 1. The Kier molecular flexibility index (Phi) is 5.56. The van der Waals surface area contributed by atoms with Gasteiger partial charge in [-0.05, 0) is 12.1 Å². The zero-order valence-electron chi connectivity index (χ0n) is 15.0. The van der Waals surface area contributed by atoms with Gasteiger partial charge >= 0.3 is 8.25 Å². The van der Waals surface area contributed by atoms with Crippen LogP contribution in [0.25, 0.3) is 11.2 Å². The summed E-state index contributed by atoms with van der Waals surface area (Å²) >= 11 is 0. The summed E-state index contributed by atoms with van der Waals surface area (Å²) in [6, 6.07) is 8.12. The lowest BCUT2D eigenvalue weighted by molar-refractivity contribution is 0.0109. The van der Waals surface area contributed by atoms with Gasteiger partial charge in [-0.2, -0.15) is 0 Å². The van der Waals surface area contributed by atoms with Gasteiger partial charge in [-0.3, -0.25) is 4.79 Å². The highest BCUT2D eigenvalue weighted by Crippen LogP contribution is 2.35. The molecule has 0 aliphatic carbocycles. The molecule has 1 amide bonds. The van der Waals surface area contributed by atoms with Crippen LogP contribution in [0.3, 0.4) is 0 Å². The van der Waals surface area contributed by atoms with Crippen LogP contribution < -0.4 is 5.32 Å². The number of aliphatic hydroxyl groups excluding tert-OH is 1. The SMILES string of the molecule is O=C(Nc1ncnc2c1ncn2[C@@H]1CO[C@H](CO)[C@H]1O[P+](=O)O)c1ccccc1. The number of aromatic nitrogens is 4. The highest BCUT2D eigenvalue weighted by molar-refractivity contribution is 7.32. The second kappa shape index (κ2) is 8.27. The second-order valence-electron chi connectivity index (χ2n) is 6.30. The van der Waals surface area contributed by atoms with Gasteiger partial charge in [-0.15, -0.1) is 9.42 Å². The summed E-state index contributed by atoms with van der Waals surface area (Å²) in [6.45, 7) is -0.245. The topological polar surface area (TPSA) is 149 Å². The van der Waals surface area contributed by atoms with Crippen LogP contribution in [0, 0.1) is 0 Å². The van der Waals surface area contributed by atoms with Crippen molar-refractivity contribution in [1.29, 1.82) is 0 Å². The molecule has 1 unspecified atom stereocenters. The molecule has 4 rings (SSSR count). The van der Waals surface area contributed by atoms with Gasteiger partial charge in [0.25, 0.3) is 5.91 Å². The molecule has 1 saturated heterocycles. The van der Waals surface area contributed by atoms with Crippen LogP contribution in [0.4, 0.5) is 5.82 Å². The predicted molar refractivity (Wildman–Crippen MR) is 100 cm³/mol. The molecule has 0 bridgehead atoms. The van der Waals surface area contributed by atoms with Crippen molar-refractivity contribution in [2.45, 2.75) is 18.2 Å². The van der Waals surface area contributed by atoms with Crippen LogP contribution in [0.5, 0.6) is 0 Å². The zero-order chi connectivity index (χ0) is 20.4. The molecule has 1 aliphatic rings. The number of hydrogen-bond acceptors (Lipinski definition) is 8. The van der Waals surface area contributed by atoms with Gasteiger partial charge in [-0.25, -0.2) is 15.0 Å². The standard InChI is InChI=1S/C17H16N5O6P/c23-6-12-14(28-29(25)26)11(7-27-12)22-9-20-13-15(18-8-19-16(13)22)21-17(24)10-4-2-1-3-5-10/h1-5,8-9,11-12,14,23H,6-7H2,(H-,18,19,21,24,25,26)/p+1/t11-,12-,14+/m1/s1. The molecule has 4 atom stereocenters. The lowest BCUT2D eigenvalue weighted by Crippen LogP contribution is -2.32. The molecule has 0 spiro atoms. The second-order valence-corrected chi connectivity index (χ2v) is 6.98. The molecule has 29 heavy (non-hydrogen) atoms. The maximum Gasteiger partial charge on any atom is 0.695 e. The van der Waals surface area contributed by atoms with Crippen molar-refractivity contribution in [3.8, 4) is 0 Å². The number of nitrogens with zero attached hydrogens (tertiary/aromatic N) is 4. The van der Waals surface area contributed by atoms with E-state index >= 15 is 0 Å². The summed E-state index contributed by atoms with van der Waals surface area (Å²) in [5, 5.41) is 12.2. The molecule has 1 aliphatic heterocycles. The third-order valence-electron chi connectivity index (χ3n) is 4.60. The van der Waals surface area contributed by atoms with Gasteiger partial charge in [0.2, 0.25) is 0 Å². The number of rotatable bonds is 6. The molecule has 2 aromatic heterocycles. The number of hydrogen-bond donors (Lipinski definition) is 3. The van der Waals surface area contributed by atoms with Crippen molar-refractivity contribution in [3.63, 3.8) is 0 Å². The van der Waals surface area contributed by atoms with Crippen LogP contribution in [-0.4, -0.2) is 60.8 Å². The number of carbonyl (C=O) groups is 1. The largest absolute Gasteiger partial charge is 0.695 e. The van der Waals surface area contributed by atoms with E-state index in [1.807, 2.05) is 6.07 Å². The molecule has 0 saturated carbocycles. The summed E-state index contributed by atoms with van der Waals surface area (Å²) in [5.74, 6) is -0.117. The van der Waals surface area contributed by atoms with Crippen molar-refractivity contribution in [1.82, 2.24) is 19.5 Å². The van der Waals surface area contributed by atoms with Crippen LogP contribution in [0.2, 0.25) is 0 Å². The molecular formula is C17H17N5O6P+. The number of aliphatic hydroxyl groups is 1. The Morgan fingerprint density at radius 1 is 1.31 bits per heavy atom. The van der Waals surface area contributed by atoms with Crippen molar-refractivity contribution in [2.75, 3.05) is 18.5 Å². The summed E-state index contributed by atoms with van der Waals surface area (Å²) in [5.41, 5.74) is 1.20. The first kappa shape index (κ1) is 19.5. The average Bonchev–Trinajstić information content (AvgIpc) is 3.32. The first-order chi connectivity index (χ1) is 14.1. The first-order valence-electron chi connectivity index (χ1n) is 8.67. The maximum atomic E-state index is 12.4. The highest BCUT2D eigenvalue weighted by atomic mass is 31.1. The molecule has 12 heteroatoms. The Morgan fingerprint density at radius 3 is 2.83 bits per heavy atom. The Labute approximate surface area is 165 Å². The van der Waals surface area contributed by atoms with Crippen LogP contribution in [0.1, 0.15) is 16.4 Å². The minimum Gasteiger partial charge on any atom is -0.394 e. The molecule has 11 nitrogen and oxygen atoms in total. The van der Waals surface area contributed by atoms with Gasteiger partial charge in [0.05, 0.1) is 25.6 Å². The van der Waals surface area contributed by atoms with Gasteiger partial charge in [0.1, 0.15) is 12.4 Å². The van der Waals surface area contributed by atoms with Gasteiger partial charge < -0.3 is 19.7 Å². The lowest BCUT2D eigenvalue weighted by atomic mass is 10.1.